The number of amides is 1. The van der Waals surface area contributed by atoms with Crippen molar-refractivity contribution >= 4 is 24.0 Å². The van der Waals surface area contributed by atoms with Crippen LogP contribution in [0.1, 0.15) is 32.9 Å². The number of fused-ring (bicyclic) bond motifs is 1. The lowest BCUT2D eigenvalue weighted by molar-refractivity contribution is -0.192. The van der Waals surface area contributed by atoms with Crippen LogP contribution >= 0.6 is 0 Å². The zero-order valence-corrected chi connectivity index (χ0v) is 17.0. The van der Waals surface area contributed by atoms with Gasteiger partial charge in [0.1, 0.15) is 0 Å². The number of rotatable bonds is 3. The molecular weight excluding hydrogens is 423 g/mol. The number of benzene rings is 1. The van der Waals surface area contributed by atoms with Crippen LogP contribution in [0.25, 0.3) is 23.4 Å². The van der Waals surface area contributed by atoms with Crippen molar-refractivity contribution in [3.05, 3.63) is 76.7 Å². The van der Waals surface area contributed by atoms with Crippen molar-refractivity contribution in [3.63, 3.8) is 0 Å². The maximum atomic E-state index is 11.9. The van der Waals surface area contributed by atoms with Crippen LogP contribution in [0.2, 0.25) is 0 Å². The van der Waals surface area contributed by atoms with Gasteiger partial charge in [-0.15, -0.1) is 0 Å². The molecule has 32 heavy (non-hydrogen) atoms. The Bertz CT molecular complexity index is 1150. The molecule has 0 atom stereocenters. The minimum Gasteiger partial charge on any atom is -0.475 e. The van der Waals surface area contributed by atoms with Crippen LogP contribution in [0.4, 0.5) is 13.2 Å². The third-order valence-electron chi connectivity index (χ3n) is 4.66. The molecule has 0 radical (unpaired) electrons. The second-order valence-corrected chi connectivity index (χ2v) is 7.10. The summed E-state index contributed by atoms with van der Waals surface area (Å²) in [6, 6.07) is 14.3. The summed E-state index contributed by atoms with van der Waals surface area (Å²) in [7, 11) is 0. The molecule has 1 aliphatic rings. The first-order chi connectivity index (χ1) is 15.1. The number of nitrogens with one attached hydrogen (secondary N) is 2. The van der Waals surface area contributed by atoms with E-state index in [4.69, 9.17) is 9.90 Å². The number of aliphatic carboxylic acids is 1. The number of carboxylic acids is 1. The topological polar surface area (TPSA) is 95.1 Å². The van der Waals surface area contributed by atoms with Crippen molar-refractivity contribution in [3.8, 4) is 11.3 Å². The third kappa shape index (κ3) is 5.84. The third-order valence-corrected chi connectivity index (χ3v) is 4.66. The summed E-state index contributed by atoms with van der Waals surface area (Å²) in [5.41, 5.74) is 7.01. The van der Waals surface area contributed by atoms with E-state index in [0.29, 0.717) is 6.54 Å². The number of nitrogens with zero attached hydrogens (tertiary/aromatic N) is 1. The van der Waals surface area contributed by atoms with E-state index < -0.39 is 12.1 Å². The molecule has 1 aromatic carbocycles. The summed E-state index contributed by atoms with van der Waals surface area (Å²) in [6.45, 7) is 2.77. The van der Waals surface area contributed by atoms with Gasteiger partial charge in [-0.25, -0.2) is 4.79 Å². The van der Waals surface area contributed by atoms with Crippen molar-refractivity contribution < 1.29 is 27.9 Å². The Morgan fingerprint density at radius 2 is 1.81 bits per heavy atom. The van der Waals surface area contributed by atoms with Gasteiger partial charge in [0, 0.05) is 36.1 Å². The van der Waals surface area contributed by atoms with Crippen LogP contribution in [-0.4, -0.2) is 39.7 Å². The van der Waals surface area contributed by atoms with E-state index in [0.717, 1.165) is 40.2 Å². The molecule has 6 nitrogen and oxygen atoms in total. The number of aryl methyl sites for hydroxylation is 1. The van der Waals surface area contributed by atoms with Gasteiger partial charge < -0.3 is 15.4 Å². The molecule has 0 spiro atoms. The van der Waals surface area contributed by atoms with E-state index in [1.54, 1.807) is 6.20 Å². The van der Waals surface area contributed by atoms with Crippen LogP contribution in [0, 0.1) is 6.92 Å². The molecule has 0 aliphatic carbocycles. The molecule has 3 N–H and O–H groups in total. The molecule has 3 heterocycles. The van der Waals surface area contributed by atoms with Gasteiger partial charge in [-0.05, 0) is 36.8 Å². The Labute approximate surface area is 181 Å². The minimum absolute atomic E-state index is 0.00250. The average Bonchev–Trinajstić information content (AvgIpc) is 3.19. The summed E-state index contributed by atoms with van der Waals surface area (Å²) < 4.78 is 31.7. The molecule has 0 unspecified atom stereocenters. The number of aromatic nitrogens is 2. The minimum atomic E-state index is -5.08. The van der Waals surface area contributed by atoms with Gasteiger partial charge in [0.25, 0.3) is 5.91 Å². The first-order valence-electron chi connectivity index (χ1n) is 9.65. The number of hydrogen-bond donors (Lipinski definition) is 3. The zero-order valence-electron chi connectivity index (χ0n) is 17.0. The van der Waals surface area contributed by atoms with Gasteiger partial charge in [0.15, 0.2) is 0 Å². The van der Waals surface area contributed by atoms with E-state index >= 15 is 0 Å². The van der Waals surface area contributed by atoms with Crippen molar-refractivity contribution in [1.82, 2.24) is 15.3 Å². The summed E-state index contributed by atoms with van der Waals surface area (Å²) in [6.07, 6.45) is 1.61. The molecule has 0 fully saturated rings. The normalized spacial score (nSPS) is 13.2. The van der Waals surface area contributed by atoms with Gasteiger partial charge in [-0.3, -0.25) is 9.78 Å². The average molecular weight is 443 g/mol. The van der Waals surface area contributed by atoms with Crippen LogP contribution in [-0.2, 0) is 11.2 Å². The van der Waals surface area contributed by atoms with Crippen LogP contribution < -0.4 is 5.32 Å². The lowest BCUT2D eigenvalue weighted by Gasteiger charge is -2.10. The number of carbonyl (C=O) groups excluding carboxylic acids is 1. The standard InChI is InChI=1S/C21H19N3O.C2HF3O2/c1-14-2-4-15(5-3-14)6-7-17-12-16(8-10-22-17)20-13-18-19(24-20)9-11-23-21(18)25;3-2(4,5)1(6)7/h2-8,10,12-13,24H,9,11H2,1H3,(H,23,25);(H,6,7)/b7-6+;. The van der Waals surface area contributed by atoms with Gasteiger partial charge in [-0.1, -0.05) is 35.9 Å². The monoisotopic (exact) mass is 443 g/mol. The highest BCUT2D eigenvalue weighted by Gasteiger charge is 2.38. The summed E-state index contributed by atoms with van der Waals surface area (Å²) in [4.78, 5) is 28.6. The Morgan fingerprint density at radius 1 is 1.12 bits per heavy atom. The summed E-state index contributed by atoms with van der Waals surface area (Å²) in [5, 5.41) is 10.00. The second kappa shape index (κ2) is 9.51. The predicted octanol–water partition coefficient (Wildman–Crippen LogP) is 4.47. The Balaban J connectivity index is 0.000000360. The largest absolute Gasteiger partial charge is 0.490 e. The SMILES string of the molecule is Cc1ccc(/C=C/c2cc(-c3cc4c([nH]3)CCNC4=O)ccn2)cc1.O=C(O)C(F)(F)F. The smallest absolute Gasteiger partial charge is 0.475 e. The fourth-order valence-corrected chi connectivity index (χ4v) is 3.02. The fourth-order valence-electron chi connectivity index (χ4n) is 3.02. The number of H-pyrrole nitrogens is 1. The van der Waals surface area contributed by atoms with E-state index in [1.807, 2.05) is 24.3 Å². The van der Waals surface area contributed by atoms with Crippen molar-refractivity contribution in [2.45, 2.75) is 19.5 Å². The summed E-state index contributed by atoms with van der Waals surface area (Å²) in [5.74, 6) is -2.76. The molecule has 0 bridgehead atoms. The van der Waals surface area contributed by atoms with Gasteiger partial charge >= 0.3 is 12.1 Å². The number of halogens is 3. The lowest BCUT2D eigenvalue weighted by Crippen LogP contribution is -2.31. The second-order valence-electron chi connectivity index (χ2n) is 7.10. The molecule has 1 amide bonds. The number of alkyl halides is 3. The number of pyridine rings is 1. The molecule has 2 aromatic heterocycles. The van der Waals surface area contributed by atoms with Gasteiger partial charge in [0.2, 0.25) is 0 Å². The maximum absolute atomic E-state index is 11.9. The van der Waals surface area contributed by atoms with E-state index in [2.05, 4.69) is 52.5 Å². The predicted molar refractivity (Wildman–Crippen MR) is 114 cm³/mol. The molecule has 3 aromatic rings. The van der Waals surface area contributed by atoms with Crippen molar-refractivity contribution in [2.75, 3.05) is 6.54 Å². The highest BCUT2D eigenvalue weighted by atomic mass is 19.4. The quantitative estimate of drug-likeness (QED) is 0.557. The lowest BCUT2D eigenvalue weighted by atomic mass is 10.1. The van der Waals surface area contributed by atoms with Crippen LogP contribution in [0.3, 0.4) is 0 Å². The van der Waals surface area contributed by atoms with Gasteiger partial charge in [0.05, 0.1) is 11.3 Å². The Hall–Kier alpha value is -3.88. The first kappa shape index (κ1) is 22.8. The van der Waals surface area contributed by atoms with Gasteiger partial charge in [-0.2, -0.15) is 13.2 Å². The molecule has 166 valence electrons. The van der Waals surface area contributed by atoms with Crippen molar-refractivity contribution in [2.24, 2.45) is 0 Å². The molecule has 0 saturated carbocycles. The number of carbonyl (C=O) groups is 2. The zero-order chi connectivity index (χ0) is 23.3. The first-order valence-corrected chi connectivity index (χ1v) is 9.65. The molecular formula is C23H20F3N3O3. The molecule has 9 heteroatoms. The molecule has 4 rings (SSSR count). The van der Waals surface area contributed by atoms with Crippen LogP contribution in [0.15, 0.2) is 48.7 Å². The number of carboxylic acid groups (broad SMARTS) is 1. The van der Waals surface area contributed by atoms with Crippen molar-refractivity contribution in [1.29, 1.82) is 0 Å². The highest BCUT2D eigenvalue weighted by molar-refractivity contribution is 5.97. The Morgan fingerprint density at radius 3 is 2.44 bits per heavy atom. The number of hydrogen-bond acceptors (Lipinski definition) is 3. The van der Waals surface area contributed by atoms with E-state index in [-0.39, 0.29) is 5.91 Å². The van der Waals surface area contributed by atoms with Crippen LogP contribution in [0.5, 0.6) is 0 Å². The fraction of sp³-hybridized carbons (Fsp3) is 0.174. The Kier molecular flexibility index (Phi) is 6.77. The molecule has 0 saturated heterocycles. The summed E-state index contributed by atoms with van der Waals surface area (Å²) >= 11 is 0. The maximum Gasteiger partial charge on any atom is 0.490 e. The van der Waals surface area contributed by atoms with E-state index in [9.17, 15) is 18.0 Å². The highest BCUT2D eigenvalue weighted by Crippen LogP contribution is 2.24. The number of aromatic amines is 1. The molecule has 1 aliphatic heterocycles. The van der Waals surface area contributed by atoms with E-state index in [1.165, 1.54) is 5.56 Å².